The van der Waals surface area contributed by atoms with Gasteiger partial charge in [0.25, 0.3) is 0 Å². The summed E-state index contributed by atoms with van der Waals surface area (Å²) in [6, 6.07) is 6.90. The lowest BCUT2D eigenvalue weighted by Gasteiger charge is -2.32. The van der Waals surface area contributed by atoms with Gasteiger partial charge in [0.2, 0.25) is 0 Å². The molecule has 22 heavy (non-hydrogen) atoms. The first-order chi connectivity index (χ1) is 9.82. The van der Waals surface area contributed by atoms with Gasteiger partial charge in [0.15, 0.2) is 0 Å². The van der Waals surface area contributed by atoms with E-state index in [9.17, 15) is 18.0 Å². The van der Waals surface area contributed by atoms with Crippen molar-refractivity contribution in [1.29, 1.82) is 0 Å². The first-order valence-corrected chi connectivity index (χ1v) is 6.96. The Hall–Kier alpha value is -1.56. The van der Waals surface area contributed by atoms with E-state index in [1.165, 1.54) is 0 Å². The molecule has 124 valence electrons. The zero-order valence-corrected chi connectivity index (χ0v) is 13.3. The number of alkyl halides is 3. The minimum atomic E-state index is -4.56. The van der Waals surface area contributed by atoms with E-state index in [-0.39, 0.29) is 6.42 Å². The lowest BCUT2D eigenvalue weighted by Crippen LogP contribution is -2.55. The molecule has 0 heterocycles. The normalized spacial score (nSPS) is 15.3. The zero-order chi connectivity index (χ0) is 17.2. The van der Waals surface area contributed by atoms with Gasteiger partial charge in [0.1, 0.15) is 11.1 Å². The van der Waals surface area contributed by atoms with Gasteiger partial charge in [-0.1, -0.05) is 24.3 Å². The molecule has 0 aliphatic heterocycles. The number of esters is 1. The van der Waals surface area contributed by atoms with Crippen molar-refractivity contribution < 1.29 is 22.7 Å². The average Bonchev–Trinajstić information content (AvgIpc) is 2.27. The number of hydrogen-bond donors (Lipinski definition) is 1. The number of carbonyl (C=O) groups is 1. The predicted octanol–water partition coefficient (Wildman–Crippen LogP) is 3.53. The third-order valence-corrected chi connectivity index (χ3v) is 3.09. The van der Waals surface area contributed by atoms with Gasteiger partial charge >= 0.3 is 12.1 Å². The summed E-state index contributed by atoms with van der Waals surface area (Å²) in [7, 11) is 0. The van der Waals surface area contributed by atoms with Gasteiger partial charge in [-0.25, -0.2) is 0 Å². The second-order valence-electron chi connectivity index (χ2n) is 6.55. The molecule has 2 N–H and O–H groups in total. The Kier molecular flexibility index (Phi) is 5.28. The zero-order valence-electron chi connectivity index (χ0n) is 13.3. The van der Waals surface area contributed by atoms with Gasteiger partial charge < -0.3 is 10.5 Å². The quantitative estimate of drug-likeness (QED) is 0.864. The van der Waals surface area contributed by atoms with Gasteiger partial charge in [-0.15, -0.1) is 0 Å². The highest BCUT2D eigenvalue weighted by Crippen LogP contribution is 2.31. The first-order valence-electron chi connectivity index (χ1n) is 6.96. The Bertz CT molecular complexity index is 535. The lowest BCUT2D eigenvalue weighted by atomic mass is 9.86. The maximum atomic E-state index is 12.9. The standard InChI is InChI=1S/C16H22F3NO2/c1-11-7-5-6-8-12(11)9-15(20,10-16(17,18)19)13(21)22-14(2,3)4/h5-8H,9-10,20H2,1-4H3/t15-/m1/s1. The molecule has 1 rings (SSSR count). The van der Waals surface area contributed by atoms with Crippen LogP contribution in [0.3, 0.4) is 0 Å². The smallest absolute Gasteiger partial charge is 0.391 e. The summed E-state index contributed by atoms with van der Waals surface area (Å²) >= 11 is 0. The number of rotatable bonds is 4. The van der Waals surface area contributed by atoms with Gasteiger partial charge in [0, 0.05) is 6.42 Å². The highest BCUT2D eigenvalue weighted by Gasteiger charge is 2.47. The number of nitrogens with two attached hydrogens (primary N) is 1. The van der Waals surface area contributed by atoms with Gasteiger partial charge in [-0.05, 0) is 38.8 Å². The van der Waals surface area contributed by atoms with Crippen molar-refractivity contribution in [3.8, 4) is 0 Å². The molecule has 1 aromatic carbocycles. The van der Waals surface area contributed by atoms with E-state index in [1.54, 1.807) is 52.0 Å². The van der Waals surface area contributed by atoms with E-state index in [2.05, 4.69) is 0 Å². The van der Waals surface area contributed by atoms with Crippen LogP contribution in [-0.4, -0.2) is 23.3 Å². The highest BCUT2D eigenvalue weighted by atomic mass is 19.4. The van der Waals surface area contributed by atoms with E-state index in [0.29, 0.717) is 5.56 Å². The summed E-state index contributed by atoms with van der Waals surface area (Å²) in [5.41, 5.74) is 4.17. The summed E-state index contributed by atoms with van der Waals surface area (Å²) in [5.74, 6) is -1.04. The molecule has 0 aromatic heterocycles. The molecule has 0 amide bonds. The Morgan fingerprint density at radius 3 is 2.18 bits per heavy atom. The molecule has 0 saturated carbocycles. The second kappa shape index (κ2) is 6.28. The molecule has 1 aromatic rings. The third kappa shape index (κ3) is 5.67. The topological polar surface area (TPSA) is 52.3 Å². The van der Waals surface area contributed by atoms with Gasteiger partial charge in [-0.2, -0.15) is 13.2 Å². The fourth-order valence-corrected chi connectivity index (χ4v) is 2.09. The van der Waals surface area contributed by atoms with Crippen LogP contribution in [0.4, 0.5) is 13.2 Å². The number of ether oxygens (including phenoxy) is 1. The minimum Gasteiger partial charge on any atom is -0.459 e. The Morgan fingerprint density at radius 2 is 1.73 bits per heavy atom. The number of halogens is 3. The van der Waals surface area contributed by atoms with Crippen molar-refractivity contribution in [3.63, 3.8) is 0 Å². The van der Waals surface area contributed by atoms with Crippen molar-refractivity contribution in [2.75, 3.05) is 0 Å². The van der Waals surface area contributed by atoms with Gasteiger partial charge in [0.05, 0.1) is 6.42 Å². The molecular weight excluding hydrogens is 295 g/mol. The molecular formula is C16H22F3NO2. The van der Waals surface area contributed by atoms with E-state index in [4.69, 9.17) is 10.5 Å². The molecule has 0 aliphatic rings. The summed E-state index contributed by atoms with van der Waals surface area (Å²) in [4.78, 5) is 12.2. The Morgan fingerprint density at radius 1 is 1.18 bits per heavy atom. The third-order valence-electron chi connectivity index (χ3n) is 3.09. The van der Waals surface area contributed by atoms with E-state index in [0.717, 1.165) is 5.56 Å². The predicted molar refractivity (Wildman–Crippen MR) is 78.3 cm³/mol. The Balaban J connectivity index is 3.12. The summed E-state index contributed by atoms with van der Waals surface area (Å²) in [5, 5.41) is 0. The van der Waals surface area contributed by atoms with Crippen LogP contribution in [0.25, 0.3) is 0 Å². The van der Waals surface area contributed by atoms with Crippen LogP contribution < -0.4 is 5.73 Å². The van der Waals surface area contributed by atoms with E-state index in [1.807, 2.05) is 0 Å². The summed E-state index contributed by atoms with van der Waals surface area (Å²) in [6.45, 7) is 6.53. The number of carbonyl (C=O) groups excluding carboxylic acids is 1. The molecule has 0 radical (unpaired) electrons. The molecule has 0 saturated heterocycles. The largest absolute Gasteiger partial charge is 0.459 e. The average molecular weight is 317 g/mol. The molecule has 0 unspecified atom stereocenters. The van der Waals surface area contributed by atoms with Crippen LogP contribution in [0.15, 0.2) is 24.3 Å². The van der Waals surface area contributed by atoms with Crippen molar-refractivity contribution in [2.45, 2.75) is 57.9 Å². The molecule has 3 nitrogen and oxygen atoms in total. The van der Waals surface area contributed by atoms with Crippen LogP contribution >= 0.6 is 0 Å². The molecule has 1 atom stereocenters. The maximum Gasteiger partial charge on any atom is 0.391 e. The monoisotopic (exact) mass is 317 g/mol. The van der Waals surface area contributed by atoms with Crippen LogP contribution in [0.1, 0.15) is 38.3 Å². The Labute approximate surface area is 128 Å². The number of aryl methyl sites for hydroxylation is 1. The first kappa shape index (κ1) is 18.5. The van der Waals surface area contributed by atoms with Crippen LogP contribution in [-0.2, 0) is 16.0 Å². The lowest BCUT2D eigenvalue weighted by molar-refractivity contribution is -0.179. The molecule has 6 heteroatoms. The van der Waals surface area contributed by atoms with Crippen LogP contribution in [0.5, 0.6) is 0 Å². The van der Waals surface area contributed by atoms with Crippen molar-refractivity contribution in [2.24, 2.45) is 5.73 Å². The van der Waals surface area contributed by atoms with Crippen molar-refractivity contribution >= 4 is 5.97 Å². The second-order valence-corrected chi connectivity index (χ2v) is 6.55. The number of benzene rings is 1. The number of hydrogen-bond acceptors (Lipinski definition) is 3. The maximum absolute atomic E-state index is 12.9. The van der Waals surface area contributed by atoms with Crippen LogP contribution in [0.2, 0.25) is 0 Å². The fourth-order valence-electron chi connectivity index (χ4n) is 2.09. The van der Waals surface area contributed by atoms with Crippen molar-refractivity contribution in [1.82, 2.24) is 0 Å². The summed E-state index contributed by atoms with van der Waals surface area (Å²) in [6.07, 6.45) is -6.22. The van der Waals surface area contributed by atoms with Crippen molar-refractivity contribution in [3.05, 3.63) is 35.4 Å². The molecule has 0 spiro atoms. The minimum absolute atomic E-state index is 0.228. The molecule has 0 fully saturated rings. The summed E-state index contributed by atoms with van der Waals surface area (Å²) < 4.78 is 43.7. The molecule has 0 aliphatic carbocycles. The highest BCUT2D eigenvalue weighted by molar-refractivity contribution is 5.81. The van der Waals surface area contributed by atoms with E-state index >= 15 is 0 Å². The SMILES string of the molecule is Cc1ccccc1C[C@@](N)(CC(F)(F)F)C(=O)OC(C)(C)C. The van der Waals surface area contributed by atoms with E-state index < -0.39 is 29.7 Å². The fraction of sp³-hybridized carbons (Fsp3) is 0.562. The molecule has 0 bridgehead atoms. The van der Waals surface area contributed by atoms with Crippen LogP contribution in [0, 0.1) is 6.92 Å². The van der Waals surface area contributed by atoms with Gasteiger partial charge in [-0.3, -0.25) is 4.79 Å².